The molecule has 0 aromatic heterocycles. The number of amides is 2. The largest absolute Gasteiger partial charge is 0.455 e. The van der Waals surface area contributed by atoms with Crippen molar-refractivity contribution in [2.45, 2.75) is 48.7 Å². The third-order valence-corrected chi connectivity index (χ3v) is 6.55. The summed E-state index contributed by atoms with van der Waals surface area (Å²) in [5, 5.41) is 2.10. The fraction of sp³-hybridized carbons (Fsp3) is 0.391. The number of ether oxygens (including phenoxy) is 2. The molecule has 0 saturated carbocycles. The van der Waals surface area contributed by atoms with E-state index in [0.29, 0.717) is 16.9 Å². The molecule has 1 unspecified atom stereocenters. The lowest BCUT2D eigenvalue weighted by atomic mass is 10.0. The molecule has 2 heterocycles. The summed E-state index contributed by atoms with van der Waals surface area (Å²) in [6.45, 7) is 8.92. The molecule has 3 atom stereocenters. The Hall–Kier alpha value is -2.49. The van der Waals surface area contributed by atoms with Crippen molar-refractivity contribution in [2.75, 3.05) is 5.75 Å². The molecule has 34 heavy (non-hydrogen) atoms. The van der Waals surface area contributed by atoms with Gasteiger partial charge in [-0.1, -0.05) is 66.2 Å². The average molecular weight is 527 g/mol. The minimum absolute atomic E-state index is 0.113. The lowest BCUT2D eigenvalue weighted by molar-refractivity contribution is -0.161. The van der Waals surface area contributed by atoms with Gasteiger partial charge < -0.3 is 14.8 Å². The molecule has 1 aromatic rings. The van der Waals surface area contributed by atoms with Crippen molar-refractivity contribution in [3.05, 3.63) is 59.8 Å². The monoisotopic (exact) mass is 526 g/mol. The summed E-state index contributed by atoms with van der Waals surface area (Å²) in [6, 6.07) is 7.33. The fourth-order valence-corrected chi connectivity index (χ4v) is 4.86. The molecular weight excluding hydrogens is 503 g/mol. The van der Waals surface area contributed by atoms with Gasteiger partial charge in [0.25, 0.3) is 11.8 Å². The molecule has 11 heteroatoms. The molecule has 0 aliphatic carbocycles. The molecule has 2 amide bonds. The van der Waals surface area contributed by atoms with E-state index >= 15 is 0 Å². The summed E-state index contributed by atoms with van der Waals surface area (Å²) in [6.07, 6.45) is 0.148. The van der Waals surface area contributed by atoms with Crippen LogP contribution in [0.2, 0.25) is 0 Å². The van der Waals surface area contributed by atoms with E-state index in [1.54, 1.807) is 51.1 Å². The first kappa shape index (κ1) is 26.1. The lowest BCUT2D eigenvalue weighted by Gasteiger charge is -2.49. The number of carbonyl (C=O) groups is 4. The predicted molar refractivity (Wildman–Crippen MR) is 129 cm³/mol. The Labute approximate surface area is 211 Å². The number of hydrogen-bond acceptors (Lipinski definition) is 7. The summed E-state index contributed by atoms with van der Waals surface area (Å²) in [7, 11) is 0. The van der Waals surface area contributed by atoms with Crippen LogP contribution in [0.5, 0.6) is 0 Å². The van der Waals surface area contributed by atoms with Crippen LogP contribution < -0.4 is 5.32 Å². The van der Waals surface area contributed by atoms with Gasteiger partial charge in [0.15, 0.2) is 0 Å². The molecule has 2 aliphatic rings. The third kappa shape index (κ3) is 5.59. The Balaban J connectivity index is 1.80. The van der Waals surface area contributed by atoms with Gasteiger partial charge in [0.2, 0.25) is 10.9 Å². The number of fused-ring (bicyclic) bond motifs is 1. The number of carbonyl (C=O) groups excluding carboxylic acids is 4. The highest BCUT2D eigenvalue weighted by molar-refractivity contribution is 8.00. The second-order valence-corrected chi connectivity index (χ2v) is 10.7. The van der Waals surface area contributed by atoms with Crippen molar-refractivity contribution in [3.8, 4) is 0 Å². The minimum Gasteiger partial charge on any atom is -0.455 e. The van der Waals surface area contributed by atoms with Crippen LogP contribution in [-0.2, 0) is 28.7 Å². The van der Waals surface area contributed by atoms with E-state index < -0.39 is 51.7 Å². The maximum atomic E-state index is 13.1. The van der Waals surface area contributed by atoms with E-state index in [2.05, 4.69) is 11.9 Å². The zero-order valence-electron chi connectivity index (χ0n) is 18.7. The molecule has 2 aliphatic heterocycles. The van der Waals surface area contributed by atoms with Gasteiger partial charge in [0.1, 0.15) is 22.7 Å². The Bertz CT molecular complexity index is 1040. The molecule has 1 fully saturated rings. The SMILES string of the molecule is C=CC1=C(C(=O)OC(C)(C)C)N2C(=O)[C@@H](NC(=O)C(OC(=O)C(Cl)Cl)c3ccccc3)[C@@H]2SC1. The van der Waals surface area contributed by atoms with Gasteiger partial charge >= 0.3 is 11.9 Å². The lowest BCUT2D eigenvalue weighted by Crippen LogP contribution is -2.71. The van der Waals surface area contributed by atoms with Crippen molar-refractivity contribution >= 4 is 58.7 Å². The standard InChI is InChI=1S/C23H24Cl2N2O6S/c1-5-12-11-34-20-14(19(29)27(20)15(12)21(30)33-23(2,3)4)26-18(28)16(32-22(31)17(24)25)13-9-7-6-8-10-13/h5-10,14,16-17,20H,1,11H2,2-4H3,(H,26,28)/t14-,16?,20+/m1/s1. The highest BCUT2D eigenvalue weighted by atomic mass is 35.5. The molecule has 8 nitrogen and oxygen atoms in total. The maximum absolute atomic E-state index is 13.1. The molecule has 0 bridgehead atoms. The van der Waals surface area contributed by atoms with Crippen molar-refractivity contribution < 1.29 is 28.7 Å². The number of esters is 2. The number of β-lactam (4-membered cyclic amide) rings is 1. The Morgan fingerprint density at radius 1 is 1.24 bits per heavy atom. The summed E-state index contributed by atoms with van der Waals surface area (Å²) in [4.78, 5) is 50.7. The van der Waals surface area contributed by atoms with E-state index in [9.17, 15) is 19.2 Å². The highest BCUT2D eigenvalue weighted by Gasteiger charge is 2.55. The number of nitrogens with zero attached hydrogens (tertiary/aromatic N) is 1. The van der Waals surface area contributed by atoms with Gasteiger partial charge in [-0.25, -0.2) is 9.59 Å². The summed E-state index contributed by atoms with van der Waals surface area (Å²) < 4.78 is 10.7. The summed E-state index contributed by atoms with van der Waals surface area (Å²) in [5.74, 6) is -2.44. The third-order valence-electron chi connectivity index (χ3n) is 4.89. The maximum Gasteiger partial charge on any atom is 0.355 e. The van der Waals surface area contributed by atoms with E-state index in [1.165, 1.54) is 22.7 Å². The van der Waals surface area contributed by atoms with Crippen LogP contribution in [0.1, 0.15) is 32.4 Å². The van der Waals surface area contributed by atoms with Gasteiger partial charge in [-0.05, 0) is 26.3 Å². The Morgan fingerprint density at radius 3 is 2.44 bits per heavy atom. The number of rotatable bonds is 7. The first-order chi connectivity index (χ1) is 15.9. The second kappa shape index (κ2) is 10.4. The number of nitrogens with one attached hydrogen (secondary N) is 1. The zero-order chi connectivity index (χ0) is 25.2. The predicted octanol–water partition coefficient (Wildman–Crippen LogP) is 3.26. The van der Waals surface area contributed by atoms with Crippen LogP contribution in [0.25, 0.3) is 0 Å². The van der Waals surface area contributed by atoms with Crippen molar-refractivity contribution in [1.29, 1.82) is 0 Å². The van der Waals surface area contributed by atoms with Crippen LogP contribution in [0, 0.1) is 0 Å². The first-order valence-electron chi connectivity index (χ1n) is 10.3. The van der Waals surface area contributed by atoms with Gasteiger partial charge in [0, 0.05) is 11.3 Å². The van der Waals surface area contributed by atoms with E-state index in [0.717, 1.165) is 0 Å². The number of halogens is 2. The molecule has 0 radical (unpaired) electrons. The van der Waals surface area contributed by atoms with Crippen LogP contribution in [0.4, 0.5) is 0 Å². The Morgan fingerprint density at radius 2 is 1.88 bits per heavy atom. The second-order valence-electron chi connectivity index (χ2n) is 8.50. The number of hydrogen-bond donors (Lipinski definition) is 1. The smallest absolute Gasteiger partial charge is 0.355 e. The van der Waals surface area contributed by atoms with Crippen LogP contribution in [-0.4, -0.2) is 56.3 Å². The van der Waals surface area contributed by atoms with Crippen LogP contribution in [0.15, 0.2) is 54.3 Å². The average Bonchev–Trinajstić information content (AvgIpc) is 2.78. The van der Waals surface area contributed by atoms with Crippen LogP contribution in [0.3, 0.4) is 0 Å². The summed E-state index contributed by atoms with van der Waals surface area (Å²) in [5.41, 5.74) is 0.306. The number of allylic oxidation sites excluding steroid dienone is 1. The number of benzene rings is 1. The molecule has 1 aromatic carbocycles. The van der Waals surface area contributed by atoms with Gasteiger partial charge in [-0.3, -0.25) is 14.5 Å². The molecule has 0 spiro atoms. The van der Waals surface area contributed by atoms with E-state index in [1.807, 2.05) is 0 Å². The van der Waals surface area contributed by atoms with E-state index in [-0.39, 0.29) is 5.70 Å². The topological polar surface area (TPSA) is 102 Å². The van der Waals surface area contributed by atoms with Crippen molar-refractivity contribution in [3.63, 3.8) is 0 Å². The number of alkyl halides is 2. The van der Waals surface area contributed by atoms with Gasteiger partial charge in [0.05, 0.1) is 0 Å². The van der Waals surface area contributed by atoms with Crippen molar-refractivity contribution in [1.82, 2.24) is 10.2 Å². The quantitative estimate of drug-likeness (QED) is 0.330. The first-order valence-corrected chi connectivity index (χ1v) is 12.2. The molecule has 1 saturated heterocycles. The zero-order valence-corrected chi connectivity index (χ0v) is 21.1. The van der Waals surface area contributed by atoms with Crippen molar-refractivity contribution in [2.24, 2.45) is 0 Å². The van der Waals surface area contributed by atoms with Gasteiger partial charge in [-0.15, -0.1) is 11.8 Å². The molecule has 3 rings (SSSR count). The molecular formula is C23H24Cl2N2O6S. The van der Waals surface area contributed by atoms with Crippen LogP contribution >= 0.6 is 35.0 Å². The van der Waals surface area contributed by atoms with E-state index in [4.69, 9.17) is 32.7 Å². The number of thioether (sulfide) groups is 1. The normalized spacial score (nSPS) is 20.8. The van der Waals surface area contributed by atoms with Gasteiger partial charge in [-0.2, -0.15) is 0 Å². The molecule has 1 N–H and O–H groups in total. The minimum atomic E-state index is -1.48. The highest BCUT2D eigenvalue weighted by Crippen LogP contribution is 2.41. The summed E-state index contributed by atoms with van der Waals surface area (Å²) >= 11 is 12.5. The Kier molecular flexibility index (Phi) is 8.00. The molecule has 182 valence electrons. The fourth-order valence-electron chi connectivity index (χ4n) is 3.41.